The average molecular weight is 379 g/mol. The van der Waals surface area contributed by atoms with E-state index < -0.39 is 11.7 Å². The van der Waals surface area contributed by atoms with Crippen molar-refractivity contribution in [3.05, 3.63) is 70.9 Å². The fourth-order valence-electron chi connectivity index (χ4n) is 2.25. The molecule has 1 N–H and O–H groups in total. The Morgan fingerprint density at radius 1 is 1.15 bits per heavy atom. The molecule has 0 fully saturated rings. The number of benzene rings is 1. The van der Waals surface area contributed by atoms with E-state index in [0.29, 0.717) is 22.0 Å². The van der Waals surface area contributed by atoms with Crippen molar-refractivity contribution in [2.24, 2.45) is 0 Å². The van der Waals surface area contributed by atoms with Gasteiger partial charge in [-0.15, -0.1) is 0 Å². The van der Waals surface area contributed by atoms with Gasteiger partial charge >= 0.3 is 0 Å². The van der Waals surface area contributed by atoms with Gasteiger partial charge in [-0.1, -0.05) is 17.7 Å². The van der Waals surface area contributed by atoms with E-state index in [1.165, 1.54) is 24.5 Å². The van der Waals surface area contributed by atoms with Gasteiger partial charge in [-0.05, 0) is 24.3 Å². The highest BCUT2D eigenvalue weighted by Gasteiger charge is 2.25. The Morgan fingerprint density at radius 3 is 2.69 bits per heavy atom. The Kier molecular flexibility index (Phi) is 5.08. The summed E-state index contributed by atoms with van der Waals surface area (Å²) in [5.74, 6) is -2.77. The summed E-state index contributed by atoms with van der Waals surface area (Å²) in [5, 5.41) is 3.29. The van der Waals surface area contributed by atoms with Crippen molar-refractivity contribution in [3.8, 4) is 11.4 Å². The Labute approximate surface area is 153 Å². The number of nitrogens with zero attached hydrogens (tertiary/aromatic N) is 3. The molecule has 0 atom stereocenters. The summed E-state index contributed by atoms with van der Waals surface area (Å²) < 4.78 is 40.7. The predicted molar refractivity (Wildman–Crippen MR) is 93.6 cm³/mol. The number of pyridine rings is 1. The van der Waals surface area contributed by atoms with E-state index in [1.807, 2.05) is 0 Å². The number of hydrogen-bond acceptors (Lipinski definition) is 4. The SMILES string of the molecule is CC(F)(F)c1cncc(-c2nccc(NCc3ccc(Cl)cc3F)n2)c1. The van der Waals surface area contributed by atoms with Crippen LogP contribution in [-0.4, -0.2) is 15.0 Å². The molecule has 0 radical (unpaired) electrons. The van der Waals surface area contributed by atoms with Crippen LogP contribution < -0.4 is 5.32 Å². The lowest BCUT2D eigenvalue weighted by molar-refractivity contribution is 0.0171. The molecule has 134 valence electrons. The van der Waals surface area contributed by atoms with Crippen LogP contribution in [0.3, 0.4) is 0 Å². The normalized spacial score (nSPS) is 11.4. The van der Waals surface area contributed by atoms with Crippen LogP contribution in [0.15, 0.2) is 48.9 Å². The van der Waals surface area contributed by atoms with Gasteiger partial charge in [-0.3, -0.25) is 4.98 Å². The molecule has 0 bridgehead atoms. The molecule has 0 saturated carbocycles. The van der Waals surface area contributed by atoms with E-state index >= 15 is 0 Å². The third-order valence-electron chi connectivity index (χ3n) is 3.63. The first-order valence-electron chi connectivity index (χ1n) is 7.67. The van der Waals surface area contributed by atoms with Crippen LogP contribution in [0.25, 0.3) is 11.4 Å². The van der Waals surface area contributed by atoms with Crippen molar-refractivity contribution >= 4 is 17.4 Å². The summed E-state index contributed by atoms with van der Waals surface area (Å²) in [5.41, 5.74) is 0.564. The van der Waals surface area contributed by atoms with Gasteiger partial charge in [-0.25, -0.2) is 23.1 Å². The first kappa shape index (κ1) is 18.1. The van der Waals surface area contributed by atoms with Crippen LogP contribution in [0.2, 0.25) is 5.02 Å². The molecule has 0 unspecified atom stereocenters. The zero-order chi connectivity index (χ0) is 18.7. The first-order valence-corrected chi connectivity index (χ1v) is 8.05. The van der Waals surface area contributed by atoms with E-state index in [0.717, 1.165) is 13.1 Å². The van der Waals surface area contributed by atoms with E-state index in [-0.39, 0.29) is 17.9 Å². The fourth-order valence-corrected chi connectivity index (χ4v) is 2.41. The number of alkyl halides is 2. The molecule has 2 aromatic heterocycles. The van der Waals surface area contributed by atoms with Gasteiger partial charge in [0.25, 0.3) is 5.92 Å². The van der Waals surface area contributed by atoms with Crippen LogP contribution in [0.5, 0.6) is 0 Å². The fraction of sp³-hybridized carbons (Fsp3) is 0.167. The summed E-state index contributed by atoms with van der Waals surface area (Å²) >= 11 is 5.73. The molecule has 0 aliphatic heterocycles. The van der Waals surface area contributed by atoms with Crippen molar-refractivity contribution in [2.75, 3.05) is 5.32 Å². The highest BCUT2D eigenvalue weighted by Crippen LogP contribution is 2.28. The van der Waals surface area contributed by atoms with E-state index in [9.17, 15) is 13.2 Å². The number of halogens is 4. The molecule has 26 heavy (non-hydrogen) atoms. The molecule has 3 rings (SSSR count). The van der Waals surface area contributed by atoms with E-state index in [2.05, 4.69) is 20.3 Å². The van der Waals surface area contributed by atoms with Gasteiger partial charge < -0.3 is 5.32 Å². The standard InChI is InChI=1S/C18H14ClF3N4/c1-18(21,22)13-6-12(8-23-10-13)17-24-5-4-16(26-17)25-9-11-2-3-14(19)7-15(11)20/h2-8,10H,9H2,1H3,(H,24,25,26). The van der Waals surface area contributed by atoms with Gasteiger partial charge in [-0.2, -0.15) is 0 Å². The molecule has 8 heteroatoms. The van der Waals surface area contributed by atoms with Gasteiger partial charge in [0, 0.05) is 53.8 Å². The summed E-state index contributed by atoms with van der Waals surface area (Å²) in [6.07, 6.45) is 4.00. The molecule has 0 amide bonds. The summed E-state index contributed by atoms with van der Waals surface area (Å²) in [6.45, 7) is 0.984. The lowest BCUT2D eigenvalue weighted by atomic mass is 10.1. The minimum Gasteiger partial charge on any atom is -0.366 e. The first-order chi connectivity index (χ1) is 12.3. The zero-order valence-electron chi connectivity index (χ0n) is 13.7. The van der Waals surface area contributed by atoms with Crippen molar-refractivity contribution < 1.29 is 13.2 Å². The molecule has 0 aliphatic carbocycles. The maximum atomic E-state index is 13.8. The Morgan fingerprint density at radius 2 is 1.96 bits per heavy atom. The number of hydrogen-bond donors (Lipinski definition) is 1. The third-order valence-corrected chi connectivity index (χ3v) is 3.87. The summed E-state index contributed by atoms with van der Waals surface area (Å²) in [7, 11) is 0. The van der Waals surface area contributed by atoms with Gasteiger partial charge in [0.2, 0.25) is 0 Å². The van der Waals surface area contributed by atoms with Gasteiger partial charge in [0.15, 0.2) is 5.82 Å². The monoisotopic (exact) mass is 378 g/mol. The number of nitrogens with one attached hydrogen (secondary N) is 1. The Bertz CT molecular complexity index is 928. The molecule has 2 heterocycles. The molecular formula is C18H14ClF3N4. The second-order valence-electron chi connectivity index (χ2n) is 5.71. The van der Waals surface area contributed by atoms with E-state index in [4.69, 9.17) is 11.6 Å². The summed E-state index contributed by atoms with van der Waals surface area (Å²) in [4.78, 5) is 12.2. The average Bonchev–Trinajstić information content (AvgIpc) is 2.61. The topological polar surface area (TPSA) is 50.7 Å². The summed E-state index contributed by atoms with van der Waals surface area (Å²) in [6, 6.07) is 7.29. The second-order valence-corrected chi connectivity index (χ2v) is 6.14. The number of rotatable bonds is 5. The van der Waals surface area contributed by atoms with Crippen LogP contribution in [-0.2, 0) is 12.5 Å². The largest absolute Gasteiger partial charge is 0.366 e. The molecule has 0 saturated heterocycles. The lowest BCUT2D eigenvalue weighted by Crippen LogP contribution is -2.08. The Balaban J connectivity index is 1.80. The van der Waals surface area contributed by atoms with Crippen molar-refractivity contribution in [2.45, 2.75) is 19.4 Å². The lowest BCUT2D eigenvalue weighted by Gasteiger charge is -2.11. The molecule has 0 aliphatic rings. The highest BCUT2D eigenvalue weighted by atomic mass is 35.5. The van der Waals surface area contributed by atoms with Crippen LogP contribution in [0, 0.1) is 5.82 Å². The number of anilines is 1. The van der Waals surface area contributed by atoms with Gasteiger partial charge in [0.05, 0.1) is 0 Å². The minimum absolute atomic E-state index is 0.185. The highest BCUT2D eigenvalue weighted by molar-refractivity contribution is 6.30. The molecule has 0 spiro atoms. The van der Waals surface area contributed by atoms with Crippen molar-refractivity contribution in [1.29, 1.82) is 0 Å². The maximum absolute atomic E-state index is 13.8. The Hall–Kier alpha value is -2.67. The van der Waals surface area contributed by atoms with Gasteiger partial charge in [0.1, 0.15) is 11.6 Å². The molecule has 3 aromatic rings. The van der Waals surface area contributed by atoms with E-state index in [1.54, 1.807) is 18.2 Å². The number of aromatic nitrogens is 3. The molecule has 1 aromatic carbocycles. The van der Waals surface area contributed by atoms with Crippen molar-refractivity contribution in [1.82, 2.24) is 15.0 Å². The predicted octanol–water partition coefficient (Wildman–Crippen LogP) is 5.05. The minimum atomic E-state index is -3.01. The third kappa shape index (κ3) is 4.29. The van der Waals surface area contributed by atoms with Crippen LogP contribution in [0.4, 0.5) is 19.0 Å². The molecular weight excluding hydrogens is 365 g/mol. The molecule has 4 nitrogen and oxygen atoms in total. The van der Waals surface area contributed by atoms with Crippen LogP contribution >= 0.6 is 11.6 Å². The maximum Gasteiger partial charge on any atom is 0.272 e. The quantitative estimate of drug-likeness (QED) is 0.674. The smallest absolute Gasteiger partial charge is 0.272 e. The van der Waals surface area contributed by atoms with Crippen molar-refractivity contribution in [3.63, 3.8) is 0 Å². The van der Waals surface area contributed by atoms with Crippen LogP contribution in [0.1, 0.15) is 18.1 Å². The zero-order valence-corrected chi connectivity index (χ0v) is 14.4. The second kappa shape index (κ2) is 7.29.